The second-order valence-electron chi connectivity index (χ2n) is 3.54. The average molecular weight is 315 g/mol. The van der Waals surface area contributed by atoms with Gasteiger partial charge in [0.05, 0.1) is 18.6 Å². The van der Waals surface area contributed by atoms with E-state index >= 15 is 0 Å². The Bertz CT molecular complexity index is 449. The van der Waals surface area contributed by atoms with E-state index in [-0.39, 0.29) is 12.4 Å². The largest absolute Gasteiger partial charge is 0.466 e. The fourth-order valence-corrected chi connectivity index (χ4v) is 1.77. The molecule has 0 atom stereocenters. The Labute approximate surface area is 114 Å². The third-order valence-corrected chi connectivity index (χ3v) is 2.69. The van der Waals surface area contributed by atoms with Gasteiger partial charge in [-0.15, -0.1) is 0 Å². The number of carbonyl (C=O) groups is 2. The third-order valence-electron chi connectivity index (χ3n) is 2.20. The fourth-order valence-electron chi connectivity index (χ4n) is 1.41. The second kappa shape index (κ2) is 7.00. The van der Waals surface area contributed by atoms with Gasteiger partial charge in [0, 0.05) is 16.7 Å². The molecule has 0 aromatic heterocycles. The van der Waals surface area contributed by atoms with E-state index in [4.69, 9.17) is 10.5 Å². The molecule has 0 saturated carbocycles. The van der Waals surface area contributed by atoms with Crippen molar-refractivity contribution in [3.05, 3.63) is 28.2 Å². The van der Waals surface area contributed by atoms with E-state index in [1.54, 1.807) is 25.1 Å². The van der Waals surface area contributed by atoms with Gasteiger partial charge in [0.2, 0.25) is 0 Å². The van der Waals surface area contributed by atoms with E-state index in [1.165, 1.54) is 0 Å². The third kappa shape index (κ3) is 4.37. The number of carbonyl (C=O) groups excluding carboxylic acids is 2. The van der Waals surface area contributed by atoms with Crippen LogP contribution in [0.3, 0.4) is 0 Å². The van der Waals surface area contributed by atoms with Crippen molar-refractivity contribution in [2.24, 2.45) is 5.73 Å². The molecule has 1 aromatic rings. The van der Waals surface area contributed by atoms with Crippen LogP contribution >= 0.6 is 15.9 Å². The van der Waals surface area contributed by atoms with Crippen molar-refractivity contribution in [1.82, 2.24) is 0 Å². The molecule has 0 aliphatic heterocycles. The van der Waals surface area contributed by atoms with E-state index in [0.29, 0.717) is 24.4 Å². The maximum absolute atomic E-state index is 11.2. The van der Waals surface area contributed by atoms with E-state index in [0.717, 1.165) is 4.47 Å². The van der Waals surface area contributed by atoms with Crippen molar-refractivity contribution in [3.63, 3.8) is 0 Å². The molecule has 5 nitrogen and oxygen atoms in total. The van der Waals surface area contributed by atoms with E-state index in [2.05, 4.69) is 21.2 Å². The maximum atomic E-state index is 11.2. The maximum Gasteiger partial charge on any atom is 0.307 e. The molecule has 0 aliphatic rings. The lowest BCUT2D eigenvalue weighted by atomic mass is 10.1. The van der Waals surface area contributed by atoms with Crippen molar-refractivity contribution < 1.29 is 14.3 Å². The molecule has 0 heterocycles. The van der Waals surface area contributed by atoms with Crippen LogP contribution < -0.4 is 11.1 Å². The first-order chi connectivity index (χ1) is 8.54. The number of hydrogen-bond acceptors (Lipinski definition) is 4. The van der Waals surface area contributed by atoms with Crippen molar-refractivity contribution in [3.8, 4) is 0 Å². The summed E-state index contributed by atoms with van der Waals surface area (Å²) in [4.78, 5) is 22.4. The fraction of sp³-hybridized carbons (Fsp3) is 0.333. The number of anilines is 1. The summed E-state index contributed by atoms with van der Waals surface area (Å²) in [5, 5.41) is 2.99. The first-order valence-corrected chi connectivity index (χ1v) is 6.32. The minimum absolute atomic E-state index is 0.235. The summed E-state index contributed by atoms with van der Waals surface area (Å²) in [6.07, 6.45) is 0.235. The number of ether oxygens (including phenoxy) is 1. The highest BCUT2D eigenvalue weighted by atomic mass is 79.9. The molecule has 6 heteroatoms. The lowest BCUT2D eigenvalue weighted by Gasteiger charge is -2.10. The number of nitrogens with one attached hydrogen (secondary N) is 1. The van der Waals surface area contributed by atoms with Crippen LogP contribution in [-0.4, -0.2) is 25.0 Å². The number of amides is 1. The molecule has 0 fully saturated rings. The van der Waals surface area contributed by atoms with E-state index < -0.39 is 5.91 Å². The Kier molecular flexibility index (Phi) is 5.64. The Balaban J connectivity index is 2.63. The number of halogens is 1. The van der Waals surface area contributed by atoms with Gasteiger partial charge in [-0.3, -0.25) is 9.59 Å². The summed E-state index contributed by atoms with van der Waals surface area (Å²) in [6.45, 7) is 2.50. The van der Waals surface area contributed by atoms with Crippen LogP contribution in [0.5, 0.6) is 0 Å². The number of nitrogens with two attached hydrogens (primary N) is 1. The van der Waals surface area contributed by atoms with Crippen LogP contribution in [0.1, 0.15) is 23.7 Å². The van der Waals surface area contributed by atoms with Gasteiger partial charge >= 0.3 is 5.97 Å². The number of benzene rings is 1. The van der Waals surface area contributed by atoms with Gasteiger partial charge in [-0.1, -0.05) is 15.9 Å². The molecular formula is C12H15BrN2O3. The molecule has 1 aromatic carbocycles. The zero-order valence-electron chi connectivity index (χ0n) is 10.0. The van der Waals surface area contributed by atoms with Gasteiger partial charge in [0.25, 0.3) is 5.91 Å². The molecule has 98 valence electrons. The predicted octanol–water partition coefficient (Wildman–Crippen LogP) is 1.91. The summed E-state index contributed by atoms with van der Waals surface area (Å²) in [5.41, 5.74) is 6.25. The molecule has 3 N–H and O–H groups in total. The molecule has 0 spiro atoms. The number of primary amides is 1. The lowest BCUT2D eigenvalue weighted by Crippen LogP contribution is -2.16. The van der Waals surface area contributed by atoms with Gasteiger partial charge in [-0.05, 0) is 25.1 Å². The molecule has 1 amide bonds. The highest BCUT2D eigenvalue weighted by Gasteiger charge is 2.09. The van der Waals surface area contributed by atoms with Gasteiger partial charge in [-0.25, -0.2) is 0 Å². The molecule has 0 radical (unpaired) electrons. The SMILES string of the molecule is CCOC(=O)CCNc1cc(Br)ccc1C(N)=O. The topological polar surface area (TPSA) is 81.4 Å². The quantitative estimate of drug-likeness (QED) is 0.786. The molecule has 18 heavy (non-hydrogen) atoms. The summed E-state index contributed by atoms with van der Waals surface area (Å²) in [7, 11) is 0. The smallest absolute Gasteiger partial charge is 0.307 e. The summed E-state index contributed by atoms with van der Waals surface area (Å²) in [5.74, 6) is -0.790. The molecule has 0 bridgehead atoms. The van der Waals surface area contributed by atoms with Gasteiger partial charge in [-0.2, -0.15) is 0 Å². The van der Waals surface area contributed by atoms with Crippen molar-refractivity contribution >= 4 is 33.5 Å². The Morgan fingerprint density at radius 3 is 2.78 bits per heavy atom. The first kappa shape index (κ1) is 14.5. The van der Waals surface area contributed by atoms with Crippen LogP contribution in [0.25, 0.3) is 0 Å². The van der Waals surface area contributed by atoms with Crippen LogP contribution in [0.15, 0.2) is 22.7 Å². The average Bonchev–Trinajstić information content (AvgIpc) is 2.29. The summed E-state index contributed by atoms with van der Waals surface area (Å²) >= 11 is 3.31. The van der Waals surface area contributed by atoms with Gasteiger partial charge < -0.3 is 15.8 Å². The highest BCUT2D eigenvalue weighted by molar-refractivity contribution is 9.10. The standard InChI is InChI=1S/C12H15BrN2O3/c1-2-18-11(16)5-6-15-10-7-8(13)3-4-9(10)12(14)17/h3-4,7,15H,2,5-6H2,1H3,(H2,14,17). The van der Waals surface area contributed by atoms with Crippen LogP contribution in [0.4, 0.5) is 5.69 Å². The van der Waals surface area contributed by atoms with E-state index in [1.807, 2.05) is 0 Å². The van der Waals surface area contributed by atoms with E-state index in [9.17, 15) is 9.59 Å². The minimum Gasteiger partial charge on any atom is -0.466 e. The number of esters is 1. The second-order valence-corrected chi connectivity index (χ2v) is 4.45. The zero-order chi connectivity index (χ0) is 13.5. The molecule has 0 aliphatic carbocycles. The molecular weight excluding hydrogens is 300 g/mol. The van der Waals surface area contributed by atoms with Crippen LogP contribution in [0.2, 0.25) is 0 Å². The van der Waals surface area contributed by atoms with Crippen molar-refractivity contribution in [2.45, 2.75) is 13.3 Å². The van der Waals surface area contributed by atoms with Crippen molar-refractivity contribution in [2.75, 3.05) is 18.5 Å². The predicted molar refractivity (Wildman–Crippen MR) is 72.4 cm³/mol. The van der Waals surface area contributed by atoms with Crippen LogP contribution in [-0.2, 0) is 9.53 Å². The Morgan fingerprint density at radius 1 is 1.44 bits per heavy atom. The Hall–Kier alpha value is -1.56. The summed E-state index contributed by atoms with van der Waals surface area (Å²) in [6, 6.07) is 5.10. The monoisotopic (exact) mass is 314 g/mol. The van der Waals surface area contributed by atoms with Gasteiger partial charge in [0.1, 0.15) is 0 Å². The molecule has 0 unspecified atom stereocenters. The van der Waals surface area contributed by atoms with Crippen LogP contribution in [0, 0.1) is 0 Å². The molecule has 0 saturated heterocycles. The zero-order valence-corrected chi connectivity index (χ0v) is 11.6. The first-order valence-electron chi connectivity index (χ1n) is 5.53. The highest BCUT2D eigenvalue weighted by Crippen LogP contribution is 2.21. The number of rotatable bonds is 6. The lowest BCUT2D eigenvalue weighted by molar-refractivity contribution is -0.142. The number of hydrogen-bond donors (Lipinski definition) is 2. The molecule has 1 rings (SSSR count). The Morgan fingerprint density at radius 2 is 2.17 bits per heavy atom. The van der Waals surface area contributed by atoms with Gasteiger partial charge in [0.15, 0.2) is 0 Å². The van der Waals surface area contributed by atoms with Crippen molar-refractivity contribution in [1.29, 1.82) is 0 Å². The normalized spacial score (nSPS) is 9.89. The minimum atomic E-state index is -0.513. The summed E-state index contributed by atoms with van der Waals surface area (Å²) < 4.78 is 5.63.